The number of amides is 1. The van der Waals surface area contributed by atoms with Crippen LogP contribution in [0.1, 0.15) is 15.9 Å². The zero-order chi connectivity index (χ0) is 15.4. The number of aliphatic hydroxyl groups is 1. The van der Waals surface area contributed by atoms with E-state index in [1.807, 2.05) is 25.1 Å². The minimum Gasteiger partial charge on any atom is -0.397 e. The van der Waals surface area contributed by atoms with Crippen LogP contribution in [0.3, 0.4) is 0 Å². The summed E-state index contributed by atoms with van der Waals surface area (Å²) in [6.45, 7) is 2.02. The van der Waals surface area contributed by atoms with Gasteiger partial charge >= 0.3 is 0 Å². The Hall–Kier alpha value is -1.85. The molecule has 0 aliphatic carbocycles. The molecule has 0 aliphatic heterocycles. The third-order valence-electron chi connectivity index (χ3n) is 3.22. The van der Waals surface area contributed by atoms with E-state index in [2.05, 4.69) is 15.9 Å². The Morgan fingerprint density at radius 2 is 2.00 bits per heavy atom. The van der Waals surface area contributed by atoms with E-state index in [-0.39, 0.29) is 19.1 Å². The highest BCUT2D eigenvalue weighted by Gasteiger charge is 2.19. The maximum Gasteiger partial charge on any atom is 0.258 e. The molecule has 110 valence electrons. The smallest absolute Gasteiger partial charge is 0.258 e. The molecule has 2 aromatic carbocycles. The molecule has 0 heterocycles. The number of carbonyl (C=O) groups is 1. The summed E-state index contributed by atoms with van der Waals surface area (Å²) in [4.78, 5) is 14.2. The number of benzene rings is 2. The molecule has 2 rings (SSSR count). The first-order valence-corrected chi connectivity index (χ1v) is 7.37. The van der Waals surface area contributed by atoms with E-state index in [1.165, 1.54) is 4.90 Å². The van der Waals surface area contributed by atoms with Gasteiger partial charge in [-0.2, -0.15) is 0 Å². The van der Waals surface area contributed by atoms with Crippen molar-refractivity contribution in [2.45, 2.75) is 6.92 Å². The summed E-state index contributed by atoms with van der Waals surface area (Å²) in [5, 5.41) is 9.24. The average molecular weight is 349 g/mol. The summed E-state index contributed by atoms with van der Waals surface area (Å²) in [5.41, 5.74) is 8.65. The molecule has 0 saturated heterocycles. The number of anilines is 2. The van der Waals surface area contributed by atoms with E-state index >= 15 is 0 Å². The van der Waals surface area contributed by atoms with Gasteiger partial charge in [-0.1, -0.05) is 34.1 Å². The lowest BCUT2D eigenvalue weighted by atomic mass is 10.1. The summed E-state index contributed by atoms with van der Waals surface area (Å²) in [5.74, 6) is -0.192. The molecule has 0 atom stereocenters. The lowest BCUT2D eigenvalue weighted by Gasteiger charge is -2.23. The zero-order valence-electron chi connectivity index (χ0n) is 11.7. The van der Waals surface area contributed by atoms with Crippen LogP contribution in [-0.2, 0) is 0 Å². The monoisotopic (exact) mass is 348 g/mol. The molecule has 0 bridgehead atoms. The molecule has 0 unspecified atom stereocenters. The van der Waals surface area contributed by atoms with Gasteiger partial charge in [-0.15, -0.1) is 0 Å². The van der Waals surface area contributed by atoms with Gasteiger partial charge in [0.2, 0.25) is 0 Å². The Morgan fingerprint density at radius 1 is 1.29 bits per heavy atom. The number of hydrogen-bond acceptors (Lipinski definition) is 3. The Kier molecular flexibility index (Phi) is 4.98. The molecule has 0 spiro atoms. The van der Waals surface area contributed by atoms with Crippen LogP contribution in [-0.4, -0.2) is 24.2 Å². The second kappa shape index (κ2) is 6.74. The van der Waals surface area contributed by atoms with Gasteiger partial charge in [0.15, 0.2) is 0 Å². The molecule has 2 aromatic rings. The molecule has 3 N–H and O–H groups in total. The van der Waals surface area contributed by atoms with E-state index in [0.29, 0.717) is 16.9 Å². The van der Waals surface area contributed by atoms with Gasteiger partial charge in [-0.25, -0.2) is 0 Å². The van der Waals surface area contributed by atoms with Gasteiger partial charge in [0.25, 0.3) is 5.91 Å². The Labute approximate surface area is 132 Å². The highest BCUT2D eigenvalue weighted by molar-refractivity contribution is 9.10. The van der Waals surface area contributed by atoms with E-state index in [9.17, 15) is 9.90 Å². The van der Waals surface area contributed by atoms with Gasteiger partial charge in [-0.05, 0) is 36.8 Å². The first-order chi connectivity index (χ1) is 10.0. The third kappa shape index (κ3) is 3.43. The zero-order valence-corrected chi connectivity index (χ0v) is 13.3. The molecule has 0 radical (unpaired) electrons. The molecular weight excluding hydrogens is 332 g/mol. The number of hydrogen-bond donors (Lipinski definition) is 2. The van der Waals surface area contributed by atoms with Crippen LogP contribution in [0, 0.1) is 6.92 Å². The summed E-state index contributed by atoms with van der Waals surface area (Å²) in [6, 6.07) is 12.6. The van der Waals surface area contributed by atoms with E-state index in [4.69, 9.17) is 5.73 Å². The van der Waals surface area contributed by atoms with Gasteiger partial charge < -0.3 is 15.7 Å². The molecule has 0 aromatic heterocycles. The van der Waals surface area contributed by atoms with Crippen molar-refractivity contribution in [2.24, 2.45) is 0 Å². The molecular formula is C16H17BrN2O2. The largest absolute Gasteiger partial charge is 0.397 e. The van der Waals surface area contributed by atoms with E-state index in [1.54, 1.807) is 24.3 Å². The number of nitrogens with two attached hydrogens (primary N) is 1. The fourth-order valence-electron chi connectivity index (χ4n) is 2.05. The molecule has 5 heteroatoms. The minimum absolute atomic E-state index is 0.132. The topological polar surface area (TPSA) is 66.6 Å². The predicted molar refractivity (Wildman–Crippen MR) is 88.5 cm³/mol. The molecule has 0 saturated carbocycles. The fraction of sp³-hybridized carbons (Fsp3) is 0.188. The number of halogens is 1. The second-order valence-corrected chi connectivity index (χ2v) is 5.56. The standard InChI is InChI=1S/C16H17BrN2O2/c1-11-6-7-12(10-13(11)17)16(21)19(8-9-20)15-5-3-2-4-14(15)18/h2-7,10,20H,8-9,18H2,1H3. The molecule has 0 fully saturated rings. The van der Waals surface area contributed by atoms with Crippen LogP contribution in [0.2, 0.25) is 0 Å². The van der Waals surface area contributed by atoms with Crippen molar-refractivity contribution in [3.63, 3.8) is 0 Å². The number of aryl methyl sites for hydroxylation is 1. The number of nitrogens with zero attached hydrogens (tertiary/aromatic N) is 1. The molecule has 0 aliphatic rings. The first-order valence-electron chi connectivity index (χ1n) is 6.58. The summed E-state index contributed by atoms with van der Waals surface area (Å²) in [6.07, 6.45) is 0. The van der Waals surface area contributed by atoms with Crippen molar-refractivity contribution in [3.8, 4) is 0 Å². The SMILES string of the molecule is Cc1ccc(C(=O)N(CCO)c2ccccc2N)cc1Br. The highest BCUT2D eigenvalue weighted by atomic mass is 79.9. The second-order valence-electron chi connectivity index (χ2n) is 4.70. The van der Waals surface area contributed by atoms with Gasteiger partial charge in [0, 0.05) is 16.6 Å². The third-order valence-corrected chi connectivity index (χ3v) is 4.07. The van der Waals surface area contributed by atoms with Crippen molar-refractivity contribution in [1.82, 2.24) is 0 Å². The van der Waals surface area contributed by atoms with E-state index < -0.39 is 0 Å². The Balaban J connectivity index is 2.40. The predicted octanol–water partition coefficient (Wildman–Crippen LogP) is 2.98. The summed E-state index contributed by atoms with van der Waals surface area (Å²) in [7, 11) is 0. The van der Waals surface area contributed by atoms with Gasteiger partial charge in [0.1, 0.15) is 0 Å². The van der Waals surface area contributed by atoms with E-state index in [0.717, 1.165) is 10.0 Å². The van der Waals surface area contributed by atoms with Crippen molar-refractivity contribution < 1.29 is 9.90 Å². The normalized spacial score (nSPS) is 10.4. The number of aliphatic hydroxyl groups excluding tert-OH is 1. The quantitative estimate of drug-likeness (QED) is 0.834. The highest BCUT2D eigenvalue weighted by Crippen LogP contribution is 2.25. The van der Waals surface area contributed by atoms with Crippen molar-refractivity contribution in [2.75, 3.05) is 23.8 Å². The van der Waals surface area contributed by atoms with Gasteiger partial charge in [0.05, 0.1) is 18.0 Å². The Morgan fingerprint density at radius 3 is 2.62 bits per heavy atom. The summed E-state index contributed by atoms with van der Waals surface area (Å²) >= 11 is 3.43. The number of nitrogen functional groups attached to an aromatic ring is 1. The first kappa shape index (κ1) is 15.5. The maximum absolute atomic E-state index is 12.7. The lowest BCUT2D eigenvalue weighted by molar-refractivity contribution is 0.0981. The van der Waals surface area contributed by atoms with Crippen LogP contribution < -0.4 is 10.6 Å². The lowest BCUT2D eigenvalue weighted by Crippen LogP contribution is -2.34. The maximum atomic E-state index is 12.7. The van der Waals surface area contributed by atoms with Crippen LogP contribution in [0.5, 0.6) is 0 Å². The van der Waals surface area contributed by atoms with Crippen molar-refractivity contribution in [1.29, 1.82) is 0 Å². The minimum atomic E-state index is -0.192. The van der Waals surface area contributed by atoms with Gasteiger partial charge in [-0.3, -0.25) is 4.79 Å². The van der Waals surface area contributed by atoms with Crippen LogP contribution in [0.4, 0.5) is 11.4 Å². The van der Waals surface area contributed by atoms with Crippen LogP contribution in [0.15, 0.2) is 46.9 Å². The molecule has 21 heavy (non-hydrogen) atoms. The van der Waals surface area contributed by atoms with Crippen LogP contribution >= 0.6 is 15.9 Å². The molecule has 1 amide bonds. The fourth-order valence-corrected chi connectivity index (χ4v) is 2.43. The van der Waals surface area contributed by atoms with Crippen molar-refractivity contribution >= 4 is 33.2 Å². The van der Waals surface area contributed by atoms with Crippen molar-refractivity contribution in [3.05, 3.63) is 58.1 Å². The Bertz CT molecular complexity index is 658. The average Bonchev–Trinajstić information content (AvgIpc) is 2.48. The number of carbonyl (C=O) groups excluding carboxylic acids is 1. The number of rotatable bonds is 4. The van der Waals surface area contributed by atoms with Crippen LogP contribution in [0.25, 0.3) is 0 Å². The molecule has 4 nitrogen and oxygen atoms in total. The summed E-state index contributed by atoms with van der Waals surface area (Å²) < 4.78 is 0.873. The number of para-hydroxylation sites is 2.